The molecule has 2 atom stereocenters. The van der Waals surface area contributed by atoms with Crippen molar-refractivity contribution in [3.63, 3.8) is 0 Å². The maximum atomic E-state index is 13.9. The van der Waals surface area contributed by atoms with Crippen molar-refractivity contribution < 1.29 is 28.4 Å². The maximum Gasteiger partial charge on any atom is 0.262 e. The third-order valence-electron chi connectivity index (χ3n) is 12.8. The second kappa shape index (κ2) is 21.0. The summed E-state index contributed by atoms with van der Waals surface area (Å²) in [6.45, 7) is 5.11. The number of carbonyl (C=O) groups excluding carboxylic acids is 5. The summed E-state index contributed by atoms with van der Waals surface area (Å²) in [4.78, 5) is 83.0. The Hall–Kier alpha value is -6.55. The summed E-state index contributed by atoms with van der Waals surface area (Å²) in [5, 5.41) is 14.3. The number of amides is 4. The van der Waals surface area contributed by atoms with E-state index in [-0.39, 0.29) is 41.6 Å². The van der Waals surface area contributed by atoms with Crippen LogP contribution in [0.2, 0.25) is 0 Å². The summed E-state index contributed by atoms with van der Waals surface area (Å²) in [5.41, 5.74) is 3.73. The molecule has 6 heterocycles. The van der Waals surface area contributed by atoms with E-state index in [9.17, 15) is 28.4 Å². The number of ketones is 1. The Kier molecular flexibility index (Phi) is 14.5. The quantitative estimate of drug-likeness (QED) is 0.0337. The van der Waals surface area contributed by atoms with Crippen LogP contribution in [0.25, 0.3) is 17.5 Å². The minimum Gasteiger partial charge on any atom is -0.385 e. The zero-order chi connectivity index (χ0) is 45.3. The smallest absolute Gasteiger partial charge is 0.262 e. The van der Waals surface area contributed by atoms with Gasteiger partial charge >= 0.3 is 0 Å². The third-order valence-corrected chi connectivity index (χ3v) is 12.8. The van der Waals surface area contributed by atoms with Gasteiger partial charge in [-0.25, -0.2) is 14.4 Å². The molecular formula is C49H57FN10O5. The van der Waals surface area contributed by atoms with Crippen molar-refractivity contribution in [3.05, 3.63) is 101 Å². The van der Waals surface area contributed by atoms with E-state index in [1.807, 2.05) is 29.2 Å². The number of aromatic amines is 1. The molecule has 65 heavy (non-hydrogen) atoms. The molecule has 16 heteroatoms. The number of Topliss-reactive ketones (excluding diaryl/α,β-unsaturated/α-hetero) is 1. The van der Waals surface area contributed by atoms with Gasteiger partial charge in [-0.1, -0.05) is 50.3 Å². The summed E-state index contributed by atoms with van der Waals surface area (Å²) in [6.07, 6.45) is 15.2. The van der Waals surface area contributed by atoms with Gasteiger partial charge in [0.25, 0.3) is 11.8 Å². The molecule has 15 nitrogen and oxygen atoms in total. The number of likely N-dealkylation sites (tertiary alicyclic amines) is 1. The highest BCUT2D eigenvalue weighted by Gasteiger charge is 2.44. The number of piperazine rings is 1. The third kappa shape index (κ3) is 11.0. The number of pyridine rings is 1. The first-order valence-electron chi connectivity index (χ1n) is 23.0. The molecule has 0 spiro atoms. The highest BCUT2D eigenvalue weighted by molar-refractivity contribution is 6.23. The van der Waals surface area contributed by atoms with Gasteiger partial charge in [0.1, 0.15) is 35.1 Å². The van der Waals surface area contributed by atoms with E-state index in [4.69, 9.17) is 10.4 Å². The first-order chi connectivity index (χ1) is 31.6. The summed E-state index contributed by atoms with van der Waals surface area (Å²) < 4.78 is 13.9. The molecule has 0 saturated carbocycles. The summed E-state index contributed by atoms with van der Waals surface area (Å²) in [7, 11) is 0. The molecular weight excluding hydrogens is 828 g/mol. The summed E-state index contributed by atoms with van der Waals surface area (Å²) in [5.74, 6) is -0.138. The Morgan fingerprint density at radius 1 is 0.846 bits per heavy atom. The lowest BCUT2D eigenvalue weighted by Crippen LogP contribution is -2.54. The Morgan fingerprint density at radius 2 is 1.62 bits per heavy atom. The van der Waals surface area contributed by atoms with Crippen LogP contribution in [0.5, 0.6) is 0 Å². The van der Waals surface area contributed by atoms with Crippen molar-refractivity contribution in [2.24, 2.45) is 0 Å². The van der Waals surface area contributed by atoms with Gasteiger partial charge < -0.3 is 20.1 Å². The van der Waals surface area contributed by atoms with E-state index < -0.39 is 29.7 Å². The van der Waals surface area contributed by atoms with E-state index >= 15 is 0 Å². The Labute approximate surface area is 378 Å². The lowest BCUT2D eigenvalue weighted by Gasteiger charge is -2.35. The number of nitrogens with one attached hydrogen (secondary N) is 4. The molecule has 4 aliphatic rings. The van der Waals surface area contributed by atoms with Crippen molar-refractivity contribution in [1.82, 2.24) is 35.0 Å². The average Bonchev–Trinajstić information content (AvgIpc) is 4.06. The van der Waals surface area contributed by atoms with Gasteiger partial charge in [-0.05, 0) is 92.3 Å². The monoisotopic (exact) mass is 884 g/mol. The van der Waals surface area contributed by atoms with Crippen LogP contribution < -0.4 is 15.5 Å². The standard InChI is InChI=1S/C49H57FN10O5/c50-34-12-8-11-33(29-34)41-15-10-24-59(41)43(51)20-21-44-53-31-40(54-44)39-14-9-16-45(55-39)58-27-25-57(26-28-58)32-36(61)13-6-4-2-1-3-5-7-23-52-35-17-18-37-38(30-35)49(65)60(48(37)64)42-19-22-46(62)56-47(42)63/h8-9,11-12,14,16-18,20-21,29-31,41-42,51-52H,1-7,10,13,15,19,22-28,32H2,(H,53,54)(H,56,62,63)/b21-20-,51-43?/t41-,42?/m1/s1. The fourth-order valence-electron chi connectivity index (χ4n) is 9.28. The van der Waals surface area contributed by atoms with Crippen LogP contribution in [-0.2, 0) is 14.4 Å². The zero-order valence-corrected chi connectivity index (χ0v) is 36.7. The predicted molar refractivity (Wildman–Crippen MR) is 246 cm³/mol. The summed E-state index contributed by atoms with van der Waals surface area (Å²) in [6, 6.07) is 16.7. The normalized spacial score (nSPS) is 19.1. The Bertz CT molecular complexity index is 2440. The van der Waals surface area contributed by atoms with Crippen LogP contribution in [0.15, 0.2) is 72.9 Å². The number of nitrogens with zero attached hydrogens (tertiary/aromatic N) is 6. The molecule has 1 unspecified atom stereocenters. The first-order valence-corrected chi connectivity index (χ1v) is 23.0. The van der Waals surface area contributed by atoms with Gasteiger partial charge in [-0.2, -0.15) is 0 Å². The Balaban J connectivity index is 0.680. The number of fused-ring (bicyclic) bond motifs is 1. The van der Waals surface area contributed by atoms with Gasteiger partial charge in [0, 0.05) is 57.8 Å². The van der Waals surface area contributed by atoms with Gasteiger partial charge in [0.2, 0.25) is 11.8 Å². The molecule has 2 aromatic heterocycles. The van der Waals surface area contributed by atoms with Crippen molar-refractivity contribution >= 4 is 52.8 Å². The van der Waals surface area contributed by atoms with Crippen LogP contribution in [-0.4, -0.2) is 117 Å². The van der Waals surface area contributed by atoms with E-state index in [0.29, 0.717) is 24.6 Å². The fourth-order valence-corrected chi connectivity index (χ4v) is 9.28. The van der Waals surface area contributed by atoms with E-state index in [1.165, 1.54) is 6.07 Å². The van der Waals surface area contributed by atoms with Crippen molar-refractivity contribution in [1.29, 1.82) is 5.41 Å². The second-order valence-corrected chi connectivity index (χ2v) is 17.3. The zero-order valence-electron chi connectivity index (χ0n) is 36.7. The van der Waals surface area contributed by atoms with Gasteiger partial charge in [0.05, 0.1) is 41.3 Å². The van der Waals surface area contributed by atoms with Crippen molar-refractivity contribution in [3.8, 4) is 11.4 Å². The number of imide groups is 2. The molecule has 4 amide bonds. The second-order valence-electron chi connectivity index (χ2n) is 17.3. The molecule has 0 bridgehead atoms. The van der Waals surface area contributed by atoms with Crippen LogP contribution in [0.4, 0.5) is 15.9 Å². The van der Waals surface area contributed by atoms with Crippen LogP contribution in [0, 0.1) is 11.2 Å². The predicted octanol–water partition coefficient (Wildman–Crippen LogP) is 6.76. The van der Waals surface area contributed by atoms with E-state index in [1.54, 1.807) is 48.7 Å². The lowest BCUT2D eigenvalue weighted by molar-refractivity contribution is -0.136. The maximum absolute atomic E-state index is 13.9. The molecule has 0 radical (unpaired) electrons. The number of piperidine rings is 1. The Morgan fingerprint density at radius 3 is 2.42 bits per heavy atom. The molecule has 4 aromatic rings. The van der Waals surface area contributed by atoms with Gasteiger partial charge in [0.15, 0.2) is 0 Å². The number of anilines is 2. The van der Waals surface area contributed by atoms with Crippen molar-refractivity contribution in [2.75, 3.05) is 56.0 Å². The van der Waals surface area contributed by atoms with Gasteiger partial charge in [-0.3, -0.25) is 44.5 Å². The molecule has 4 aliphatic heterocycles. The largest absolute Gasteiger partial charge is 0.385 e. The number of carbonyl (C=O) groups is 5. The SMILES string of the molecule is N=C(/C=C\c1ncc(-c2cccc(N3CCN(CC(=O)CCCCCCCCCNc4ccc5c(c4)C(=O)N(C4CCC(=O)NC4=O)C5=O)CC3)n2)[nH]1)N1CCC[C@@H]1c1cccc(F)c1. The average molecular weight is 885 g/mol. The van der Waals surface area contributed by atoms with Crippen LogP contribution in [0.3, 0.4) is 0 Å². The number of hydrogen-bond donors (Lipinski definition) is 4. The minimum atomic E-state index is -0.976. The molecule has 4 N–H and O–H groups in total. The number of imidazole rings is 1. The number of rotatable bonds is 19. The van der Waals surface area contributed by atoms with Crippen molar-refractivity contribution in [2.45, 2.75) is 89.1 Å². The van der Waals surface area contributed by atoms with Gasteiger partial charge in [-0.15, -0.1) is 0 Å². The first kappa shape index (κ1) is 45.0. The highest BCUT2D eigenvalue weighted by Crippen LogP contribution is 2.33. The highest BCUT2D eigenvalue weighted by atomic mass is 19.1. The number of halogens is 1. The fraction of sp³-hybridized carbons (Fsp3) is 0.429. The molecule has 340 valence electrons. The van der Waals surface area contributed by atoms with E-state index in [2.05, 4.69) is 30.4 Å². The number of benzene rings is 2. The summed E-state index contributed by atoms with van der Waals surface area (Å²) >= 11 is 0. The topological polar surface area (TPSA) is 188 Å². The van der Waals surface area contributed by atoms with Crippen LogP contribution >= 0.6 is 0 Å². The van der Waals surface area contributed by atoms with E-state index in [0.717, 1.165) is 130 Å². The van der Waals surface area contributed by atoms with Crippen LogP contribution in [0.1, 0.15) is 115 Å². The lowest BCUT2D eigenvalue weighted by atomic mass is 10.0. The number of unbranched alkanes of at least 4 members (excludes halogenated alkanes) is 6. The molecule has 3 saturated heterocycles. The number of hydrogen-bond acceptors (Lipinski definition) is 11. The molecule has 2 aromatic carbocycles. The number of amidine groups is 1. The molecule has 8 rings (SSSR count). The minimum absolute atomic E-state index is 0.0184. The number of H-pyrrole nitrogens is 1. The molecule has 3 fully saturated rings. The molecule has 0 aliphatic carbocycles. The number of aromatic nitrogens is 3.